The molecule has 0 radical (unpaired) electrons. The van der Waals surface area contributed by atoms with E-state index in [1.807, 2.05) is 6.21 Å². The number of hydrogen-bond donors (Lipinski definition) is 0. The number of hydrogen-bond acceptors (Lipinski definition) is 1. The van der Waals surface area contributed by atoms with Gasteiger partial charge in [-0.3, -0.25) is 4.99 Å². The van der Waals surface area contributed by atoms with Gasteiger partial charge in [-0.15, -0.1) is 0 Å². The molecule has 0 atom stereocenters. The molecule has 0 aliphatic carbocycles. The maximum atomic E-state index is 4.55. The van der Waals surface area contributed by atoms with Crippen molar-refractivity contribution < 1.29 is 0 Å². The molecule has 0 saturated heterocycles. The Bertz CT molecular complexity index is 527. The predicted octanol–water partition coefficient (Wildman–Crippen LogP) is 3.40. The summed E-state index contributed by atoms with van der Waals surface area (Å²) in [7, 11) is 2.07. The minimum absolute atomic E-state index is 0.0169. The maximum absolute atomic E-state index is 4.55. The van der Waals surface area contributed by atoms with Crippen LogP contribution in [0.2, 0.25) is 0 Å². The first kappa shape index (κ1) is 10.9. The van der Waals surface area contributed by atoms with Crippen molar-refractivity contribution in [3.05, 3.63) is 36.0 Å². The molecule has 0 bridgehead atoms. The van der Waals surface area contributed by atoms with Crippen molar-refractivity contribution in [1.29, 1.82) is 0 Å². The fourth-order valence-corrected chi connectivity index (χ4v) is 1.74. The Balaban J connectivity index is 2.50. The smallest absolute Gasteiger partial charge is 0.0524 e. The average Bonchev–Trinajstić information content (AvgIpc) is 2.53. The van der Waals surface area contributed by atoms with Gasteiger partial charge in [-0.05, 0) is 26.8 Å². The fraction of sp³-hybridized carbons (Fsp3) is 0.357. The van der Waals surface area contributed by atoms with Gasteiger partial charge in [0.1, 0.15) is 0 Å². The molecule has 1 aromatic carbocycles. The highest BCUT2D eigenvalue weighted by atomic mass is 14.9. The van der Waals surface area contributed by atoms with E-state index in [9.17, 15) is 0 Å². The van der Waals surface area contributed by atoms with Crippen LogP contribution < -0.4 is 0 Å². The van der Waals surface area contributed by atoms with Crippen molar-refractivity contribution in [3.8, 4) is 0 Å². The van der Waals surface area contributed by atoms with Gasteiger partial charge in [0.25, 0.3) is 0 Å². The molecule has 0 unspecified atom stereocenters. The highest BCUT2D eigenvalue weighted by molar-refractivity contribution is 5.99. The van der Waals surface area contributed by atoms with Gasteiger partial charge in [-0.1, -0.05) is 18.2 Å². The van der Waals surface area contributed by atoms with Crippen LogP contribution in [0.5, 0.6) is 0 Å². The number of benzene rings is 1. The van der Waals surface area contributed by atoms with Crippen LogP contribution in [-0.4, -0.2) is 16.3 Å². The van der Waals surface area contributed by atoms with E-state index in [-0.39, 0.29) is 5.54 Å². The van der Waals surface area contributed by atoms with E-state index < -0.39 is 0 Å². The molecule has 0 saturated carbocycles. The van der Waals surface area contributed by atoms with Crippen molar-refractivity contribution in [1.82, 2.24) is 4.57 Å². The van der Waals surface area contributed by atoms with Gasteiger partial charge < -0.3 is 4.57 Å². The third-order valence-electron chi connectivity index (χ3n) is 2.52. The number of nitrogens with zero attached hydrogens (tertiary/aromatic N) is 2. The molecule has 0 aliphatic rings. The summed E-state index contributed by atoms with van der Waals surface area (Å²) in [5, 5.41) is 1.26. The summed E-state index contributed by atoms with van der Waals surface area (Å²) in [4.78, 5) is 4.55. The predicted molar refractivity (Wildman–Crippen MR) is 70.3 cm³/mol. The lowest BCUT2D eigenvalue weighted by atomic mass is 10.1. The lowest BCUT2D eigenvalue weighted by molar-refractivity contribution is 0.587. The van der Waals surface area contributed by atoms with Crippen molar-refractivity contribution in [2.24, 2.45) is 12.0 Å². The highest BCUT2D eigenvalue weighted by Gasteiger charge is 2.07. The van der Waals surface area contributed by atoms with Crippen LogP contribution in [0.15, 0.2) is 35.5 Å². The number of aromatic nitrogens is 1. The van der Waals surface area contributed by atoms with Crippen LogP contribution in [0, 0.1) is 0 Å². The zero-order valence-corrected chi connectivity index (χ0v) is 10.4. The minimum Gasteiger partial charge on any atom is -0.350 e. The zero-order valence-electron chi connectivity index (χ0n) is 10.4. The summed E-state index contributed by atoms with van der Waals surface area (Å²) >= 11 is 0. The molecule has 2 heteroatoms. The van der Waals surface area contributed by atoms with Gasteiger partial charge in [-0.2, -0.15) is 0 Å². The molecule has 2 rings (SSSR count). The van der Waals surface area contributed by atoms with E-state index in [1.54, 1.807) is 0 Å². The Morgan fingerprint density at radius 1 is 1.19 bits per heavy atom. The second kappa shape index (κ2) is 3.78. The number of fused-ring (bicyclic) bond motifs is 1. The van der Waals surface area contributed by atoms with Gasteiger partial charge in [0.05, 0.1) is 5.54 Å². The van der Waals surface area contributed by atoms with Crippen LogP contribution in [0.25, 0.3) is 10.9 Å². The molecule has 2 nitrogen and oxygen atoms in total. The first-order valence-electron chi connectivity index (χ1n) is 5.57. The zero-order chi connectivity index (χ0) is 11.8. The van der Waals surface area contributed by atoms with E-state index in [4.69, 9.17) is 0 Å². The molecule has 0 N–H and O–H groups in total. The van der Waals surface area contributed by atoms with Crippen molar-refractivity contribution in [2.45, 2.75) is 26.3 Å². The lowest BCUT2D eigenvalue weighted by Crippen LogP contribution is -2.09. The first-order chi connectivity index (χ1) is 7.47. The van der Waals surface area contributed by atoms with Crippen molar-refractivity contribution >= 4 is 17.1 Å². The first-order valence-corrected chi connectivity index (χ1v) is 5.57. The molecule has 0 amide bonds. The Morgan fingerprint density at radius 2 is 1.88 bits per heavy atom. The summed E-state index contributed by atoms with van der Waals surface area (Å²) in [5.74, 6) is 0. The fourth-order valence-electron chi connectivity index (χ4n) is 1.74. The number of aryl methyl sites for hydroxylation is 1. The van der Waals surface area contributed by atoms with Crippen LogP contribution in [0.3, 0.4) is 0 Å². The lowest BCUT2D eigenvalue weighted by Gasteiger charge is -2.10. The van der Waals surface area contributed by atoms with E-state index in [0.717, 1.165) is 0 Å². The summed E-state index contributed by atoms with van der Waals surface area (Å²) in [6, 6.07) is 8.40. The standard InChI is InChI=1S/C14H18N2/c1-14(2,3)15-9-11-10-16(4)13-8-6-5-7-12(11)13/h5-10H,1-4H3. The van der Waals surface area contributed by atoms with Crippen molar-refractivity contribution in [3.63, 3.8) is 0 Å². The summed E-state index contributed by atoms with van der Waals surface area (Å²) in [6.07, 6.45) is 4.10. The average molecular weight is 214 g/mol. The van der Waals surface area contributed by atoms with E-state index in [1.165, 1.54) is 16.5 Å². The number of para-hydroxylation sites is 1. The quantitative estimate of drug-likeness (QED) is 0.647. The Hall–Kier alpha value is -1.57. The van der Waals surface area contributed by atoms with Crippen LogP contribution >= 0.6 is 0 Å². The Morgan fingerprint density at radius 3 is 2.56 bits per heavy atom. The minimum atomic E-state index is -0.0169. The number of aliphatic imine (C=N–C) groups is 1. The van der Waals surface area contributed by atoms with E-state index in [2.05, 4.69) is 67.8 Å². The monoisotopic (exact) mass is 214 g/mol. The van der Waals surface area contributed by atoms with Gasteiger partial charge in [0.2, 0.25) is 0 Å². The SMILES string of the molecule is Cn1cc(C=NC(C)(C)C)c2ccccc21. The van der Waals surface area contributed by atoms with Gasteiger partial charge in [-0.25, -0.2) is 0 Å². The summed E-state index contributed by atoms with van der Waals surface area (Å²) in [5.41, 5.74) is 2.42. The van der Waals surface area contributed by atoms with Gasteiger partial charge in [0, 0.05) is 35.9 Å². The molecule has 0 fully saturated rings. The molecule has 0 aliphatic heterocycles. The second-order valence-corrected chi connectivity index (χ2v) is 5.14. The largest absolute Gasteiger partial charge is 0.350 e. The normalized spacial score (nSPS) is 12.8. The Labute approximate surface area is 96.6 Å². The molecule has 16 heavy (non-hydrogen) atoms. The van der Waals surface area contributed by atoms with Crippen LogP contribution in [0.4, 0.5) is 0 Å². The van der Waals surface area contributed by atoms with E-state index >= 15 is 0 Å². The van der Waals surface area contributed by atoms with Crippen LogP contribution in [-0.2, 0) is 7.05 Å². The van der Waals surface area contributed by atoms with Crippen molar-refractivity contribution in [2.75, 3.05) is 0 Å². The molecular weight excluding hydrogens is 196 g/mol. The third kappa shape index (κ3) is 2.16. The molecular formula is C14H18N2. The van der Waals surface area contributed by atoms with E-state index in [0.29, 0.717) is 0 Å². The van der Waals surface area contributed by atoms with Crippen LogP contribution in [0.1, 0.15) is 26.3 Å². The second-order valence-electron chi connectivity index (χ2n) is 5.14. The number of rotatable bonds is 1. The van der Waals surface area contributed by atoms with Gasteiger partial charge in [0.15, 0.2) is 0 Å². The maximum Gasteiger partial charge on any atom is 0.0524 e. The highest BCUT2D eigenvalue weighted by Crippen LogP contribution is 2.19. The summed E-state index contributed by atoms with van der Waals surface area (Å²) in [6.45, 7) is 6.32. The summed E-state index contributed by atoms with van der Waals surface area (Å²) < 4.78 is 2.14. The Kier molecular flexibility index (Phi) is 2.58. The third-order valence-corrected chi connectivity index (χ3v) is 2.52. The molecule has 2 aromatic rings. The molecule has 1 heterocycles. The topological polar surface area (TPSA) is 17.3 Å². The molecule has 0 spiro atoms. The molecule has 1 aromatic heterocycles. The molecule has 84 valence electrons. The van der Waals surface area contributed by atoms with Gasteiger partial charge >= 0.3 is 0 Å².